The Bertz CT molecular complexity index is 862. The highest BCUT2D eigenvalue weighted by atomic mass is 31.2. The Morgan fingerprint density at radius 3 is 2.60 bits per heavy atom. The lowest BCUT2D eigenvalue weighted by Crippen LogP contribution is -2.16. The van der Waals surface area contributed by atoms with Crippen molar-refractivity contribution in [3.05, 3.63) is 10.4 Å². The molecule has 2 rings (SSSR count). The van der Waals surface area contributed by atoms with Crippen LogP contribution in [0.1, 0.15) is 19.3 Å². The van der Waals surface area contributed by atoms with E-state index in [1.165, 1.54) is 4.57 Å². The van der Waals surface area contributed by atoms with E-state index in [1.807, 2.05) is 0 Å². The highest BCUT2D eigenvalue weighted by Gasteiger charge is 2.47. The van der Waals surface area contributed by atoms with Crippen LogP contribution in [-0.4, -0.2) is 41.6 Å². The third-order valence-electron chi connectivity index (χ3n) is 3.32. The van der Waals surface area contributed by atoms with Gasteiger partial charge in [-0.3, -0.25) is 18.9 Å². The van der Waals surface area contributed by atoms with Gasteiger partial charge in [0.15, 0.2) is 11.2 Å². The van der Waals surface area contributed by atoms with Gasteiger partial charge in [0.1, 0.15) is 6.73 Å². The van der Waals surface area contributed by atoms with E-state index in [-0.39, 0.29) is 49.2 Å². The van der Waals surface area contributed by atoms with E-state index in [4.69, 9.17) is 26.0 Å². The lowest BCUT2D eigenvalue weighted by Gasteiger charge is -2.17. The fourth-order valence-corrected chi connectivity index (χ4v) is 2.46. The molecule has 0 aromatic carbocycles. The standard InChI is InChI=1S/C11H17F2N6O5P/c12-11(13,25(21,22)23)3-1-2-4-24-5-19-7-6(16-10(19)15)8(20)18-9(14)17-7/h1-5H2,(H2,15,16)(H2,21,22,23)(H3,14,17,18,20). The first-order chi connectivity index (χ1) is 11.5. The molecule has 0 spiro atoms. The normalized spacial score (nSPS) is 12.8. The quantitative estimate of drug-likeness (QED) is 0.314. The van der Waals surface area contributed by atoms with E-state index in [0.717, 1.165) is 0 Å². The zero-order chi connectivity index (χ0) is 18.8. The van der Waals surface area contributed by atoms with Crippen molar-refractivity contribution in [3.8, 4) is 0 Å². The van der Waals surface area contributed by atoms with Crippen LogP contribution in [0.15, 0.2) is 4.79 Å². The molecule has 0 aliphatic rings. The number of aromatic amines is 1. The largest absolute Gasteiger partial charge is 0.394 e. The highest BCUT2D eigenvalue weighted by Crippen LogP contribution is 2.55. The number of hydrogen-bond donors (Lipinski definition) is 5. The molecule has 0 bridgehead atoms. The Kier molecular flexibility index (Phi) is 5.42. The molecule has 2 aromatic heterocycles. The van der Waals surface area contributed by atoms with Gasteiger partial charge in [-0.25, -0.2) is 4.98 Å². The Hall–Kier alpha value is -2.08. The molecular formula is C11H17F2N6O5P. The van der Waals surface area contributed by atoms with Crippen molar-refractivity contribution < 1.29 is 27.9 Å². The first kappa shape index (κ1) is 19.2. The van der Waals surface area contributed by atoms with Crippen LogP contribution in [-0.2, 0) is 16.0 Å². The molecule has 14 heteroatoms. The van der Waals surface area contributed by atoms with Crippen molar-refractivity contribution in [3.63, 3.8) is 0 Å². The average Bonchev–Trinajstić information content (AvgIpc) is 2.78. The molecule has 2 heterocycles. The molecule has 11 nitrogen and oxygen atoms in total. The van der Waals surface area contributed by atoms with Crippen molar-refractivity contribution in [1.29, 1.82) is 0 Å². The summed E-state index contributed by atoms with van der Waals surface area (Å²) in [6.45, 7) is -0.123. The molecule has 7 N–H and O–H groups in total. The Morgan fingerprint density at radius 1 is 1.28 bits per heavy atom. The first-order valence-electron chi connectivity index (χ1n) is 7.05. The monoisotopic (exact) mass is 382 g/mol. The van der Waals surface area contributed by atoms with E-state index < -0.39 is 25.2 Å². The third kappa shape index (κ3) is 4.31. The topological polar surface area (TPSA) is 182 Å². The maximum absolute atomic E-state index is 13.1. The van der Waals surface area contributed by atoms with Crippen LogP contribution >= 0.6 is 7.60 Å². The summed E-state index contributed by atoms with van der Waals surface area (Å²) in [5.41, 5.74) is 6.60. The van der Waals surface area contributed by atoms with Gasteiger partial charge in [0.05, 0.1) is 0 Å². The van der Waals surface area contributed by atoms with Crippen molar-refractivity contribution in [1.82, 2.24) is 19.5 Å². The molecule has 0 atom stereocenters. The van der Waals surface area contributed by atoms with Crippen LogP contribution in [0.2, 0.25) is 0 Å². The van der Waals surface area contributed by atoms with E-state index in [0.29, 0.717) is 0 Å². The number of unbranched alkanes of at least 4 members (excludes halogenated alkanes) is 1. The smallest absolute Gasteiger partial charge is 0.369 e. The van der Waals surface area contributed by atoms with Gasteiger partial charge >= 0.3 is 13.3 Å². The first-order valence-corrected chi connectivity index (χ1v) is 8.67. The second-order valence-corrected chi connectivity index (χ2v) is 6.97. The van der Waals surface area contributed by atoms with Crippen LogP contribution in [0.25, 0.3) is 11.2 Å². The Morgan fingerprint density at radius 2 is 1.96 bits per heavy atom. The molecule has 140 valence electrons. The fraction of sp³-hybridized carbons (Fsp3) is 0.545. The highest BCUT2D eigenvalue weighted by molar-refractivity contribution is 7.53. The number of nitrogens with zero attached hydrogens (tertiary/aromatic N) is 3. The second-order valence-electron chi connectivity index (χ2n) is 5.23. The van der Waals surface area contributed by atoms with Crippen LogP contribution in [0, 0.1) is 0 Å². The number of nitrogens with one attached hydrogen (secondary N) is 1. The number of imidazole rings is 1. The molecule has 0 aliphatic heterocycles. The molecule has 0 aliphatic carbocycles. The average molecular weight is 382 g/mol. The van der Waals surface area contributed by atoms with Gasteiger partial charge in [-0.05, 0) is 12.8 Å². The number of fused-ring (bicyclic) bond motifs is 1. The van der Waals surface area contributed by atoms with E-state index in [2.05, 4.69) is 15.0 Å². The maximum atomic E-state index is 13.1. The summed E-state index contributed by atoms with van der Waals surface area (Å²) in [5.74, 6) is -0.162. The van der Waals surface area contributed by atoms with Crippen LogP contribution in [0.3, 0.4) is 0 Å². The van der Waals surface area contributed by atoms with Gasteiger partial charge in [0.25, 0.3) is 5.56 Å². The number of rotatable bonds is 8. The van der Waals surface area contributed by atoms with Gasteiger partial charge in [-0.2, -0.15) is 13.8 Å². The number of H-pyrrole nitrogens is 1. The summed E-state index contributed by atoms with van der Waals surface area (Å²) in [6, 6.07) is 0. The van der Waals surface area contributed by atoms with E-state index in [1.54, 1.807) is 0 Å². The minimum Gasteiger partial charge on any atom is -0.369 e. The number of anilines is 2. The minimum absolute atomic E-state index is 0.0170. The lowest BCUT2D eigenvalue weighted by atomic mass is 10.2. The minimum atomic E-state index is -5.46. The Balaban J connectivity index is 1.89. The molecule has 0 amide bonds. The lowest BCUT2D eigenvalue weighted by molar-refractivity contribution is 0.0396. The number of ether oxygens (including phenoxy) is 1. The molecule has 2 aromatic rings. The van der Waals surface area contributed by atoms with Gasteiger partial charge in [-0.1, -0.05) is 0 Å². The number of nitrogen functional groups attached to an aromatic ring is 2. The predicted octanol–water partition coefficient (Wildman–Crippen LogP) is 0.199. The molecule has 0 saturated carbocycles. The molecule has 0 fully saturated rings. The third-order valence-corrected chi connectivity index (χ3v) is 4.39. The summed E-state index contributed by atoms with van der Waals surface area (Å²) in [6.07, 6.45) is -0.967. The van der Waals surface area contributed by atoms with Crippen LogP contribution in [0.4, 0.5) is 20.7 Å². The van der Waals surface area contributed by atoms with Crippen molar-refractivity contribution >= 4 is 30.7 Å². The molecule has 0 saturated heterocycles. The van der Waals surface area contributed by atoms with E-state index in [9.17, 15) is 18.1 Å². The zero-order valence-electron chi connectivity index (χ0n) is 12.9. The van der Waals surface area contributed by atoms with Crippen LogP contribution < -0.4 is 17.0 Å². The molecular weight excluding hydrogens is 365 g/mol. The van der Waals surface area contributed by atoms with Crippen molar-refractivity contribution in [2.75, 3.05) is 18.1 Å². The predicted molar refractivity (Wildman–Crippen MR) is 83.8 cm³/mol. The number of nitrogens with two attached hydrogens (primary N) is 2. The number of alkyl halides is 2. The van der Waals surface area contributed by atoms with Gasteiger partial charge in [0, 0.05) is 13.0 Å². The fourth-order valence-electron chi connectivity index (χ4n) is 2.02. The summed E-state index contributed by atoms with van der Waals surface area (Å²) in [5, 5.41) is 0. The number of halogens is 2. The maximum Gasteiger partial charge on any atom is 0.394 e. The summed E-state index contributed by atoms with van der Waals surface area (Å²) in [7, 11) is -5.46. The number of aromatic nitrogens is 4. The summed E-state index contributed by atoms with van der Waals surface area (Å²) < 4.78 is 43.3. The molecule has 0 unspecified atom stereocenters. The Labute approximate surface area is 139 Å². The van der Waals surface area contributed by atoms with E-state index >= 15 is 0 Å². The number of hydrogen-bond acceptors (Lipinski definition) is 7. The zero-order valence-corrected chi connectivity index (χ0v) is 13.7. The van der Waals surface area contributed by atoms with Crippen LogP contribution in [0.5, 0.6) is 0 Å². The second kappa shape index (κ2) is 7.04. The van der Waals surface area contributed by atoms with Gasteiger partial charge in [0.2, 0.25) is 11.9 Å². The summed E-state index contributed by atoms with van der Waals surface area (Å²) in [4.78, 5) is 38.7. The molecule has 25 heavy (non-hydrogen) atoms. The SMILES string of the molecule is Nc1nc2c(nc(N)n2COCCCCC(F)(F)P(=O)(O)O)c(=O)[nH]1. The van der Waals surface area contributed by atoms with Gasteiger partial charge < -0.3 is 26.0 Å². The van der Waals surface area contributed by atoms with Gasteiger partial charge in [-0.15, -0.1) is 0 Å². The van der Waals surface area contributed by atoms with Crippen molar-refractivity contribution in [2.45, 2.75) is 31.7 Å². The summed E-state index contributed by atoms with van der Waals surface area (Å²) >= 11 is 0. The van der Waals surface area contributed by atoms with Crippen molar-refractivity contribution in [2.24, 2.45) is 0 Å². The molecule has 0 radical (unpaired) electrons.